The van der Waals surface area contributed by atoms with E-state index in [1.165, 1.54) is 37.0 Å². The zero-order chi connectivity index (χ0) is 18.4. The van der Waals surface area contributed by atoms with Gasteiger partial charge in [-0.2, -0.15) is 13.2 Å². The summed E-state index contributed by atoms with van der Waals surface area (Å²) in [7, 11) is 0. The summed E-state index contributed by atoms with van der Waals surface area (Å²) >= 11 is 0. The van der Waals surface area contributed by atoms with Gasteiger partial charge in [0, 0.05) is 25.3 Å². The van der Waals surface area contributed by atoms with Gasteiger partial charge >= 0.3 is 12.2 Å². The number of hydrogen-bond acceptors (Lipinski definition) is 2. The normalized spacial score (nSPS) is 23.9. The molecule has 1 unspecified atom stereocenters. The number of nitrogens with one attached hydrogen (secondary N) is 2. The second-order valence-corrected chi connectivity index (χ2v) is 8.03. The maximum absolute atomic E-state index is 12.5. The molecule has 2 fully saturated rings. The molecule has 1 spiro atoms. The van der Waals surface area contributed by atoms with Gasteiger partial charge < -0.3 is 10.6 Å². The summed E-state index contributed by atoms with van der Waals surface area (Å²) in [5, 5.41) is 5.78. The van der Waals surface area contributed by atoms with Gasteiger partial charge in [-0.25, -0.2) is 4.79 Å². The Balaban J connectivity index is 1.29. The smallest absolute Gasteiger partial charge is 0.338 e. The third kappa shape index (κ3) is 3.82. The Morgan fingerprint density at radius 1 is 1.19 bits per heavy atom. The topological polar surface area (TPSA) is 44.4 Å². The maximum Gasteiger partial charge on any atom is 0.401 e. The van der Waals surface area contributed by atoms with Crippen molar-refractivity contribution in [2.75, 3.05) is 18.4 Å². The second-order valence-electron chi connectivity index (χ2n) is 8.03. The first-order valence-corrected chi connectivity index (χ1v) is 9.29. The van der Waals surface area contributed by atoms with Crippen LogP contribution in [0.5, 0.6) is 0 Å². The number of urea groups is 1. The molecule has 0 radical (unpaired) electrons. The fourth-order valence-corrected chi connectivity index (χ4v) is 4.65. The van der Waals surface area contributed by atoms with Crippen LogP contribution in [0.25, 0.3) is 0 Å². The zero-order valence-corrected chi connectivity index (χ0v) is 14.7. The fourth-order valence-electron chi connectivity index (χ4n) is 4.65. The number of alkyl halides is 3. The van der Waals surface area contributed by atoms with Crippen LogP contribution in [-0.2, 0) is 13.1 Å². The second kappa shape index (κ2) is 6.44. The fraction of sp³-hybridized carbons (Fsp3) is 0.632. The van der Waals surface area contributed by atoms with Gasteiger partial charge in [0.2, 0.25) is 0 Å². The number of amides is 2. The number of benzene rings is 1. The molecule has 2 amide bonds. The van der Waals surface area contributed by atoms with E-state index >= 15 is 0 Å². The van der Waals surface area contributed by atoms with Gasteiger partial charge in [0.05, 0.1) is 6.54 Å². The van der Waals surface area contributed by atoms with E-state index in [2.05, 4.69) is 10.6 Å². The Morgan fingerprint density at radius 3 is 2.69 bits per heavy atom. The van der Waals surface area contributed by atoms with Crippen LogP contribution in [0.2, 0.25) is 0 Å². The highest BCUT2D eigenvalue weighted by atomic mass is 19.4. The minimum absolute atomic E-state index is 0.238. The van der Waals surface area contributed by atoms with Gasteiger partial charge in [-0.15, -0.1) is 0 Å². The van der Waals surface area contributed by atoms with Crippen LogP contribution in [0.1, 0.15) is 43.2 Å². The Kier molecular flexibility index (Phi) is 4.37. The highest BCUT2D eigenvalue weighted by Gasteiger charge is 2.51. The van der Waals surface area contributed by atoms with E-state index in [-0.39, 0.29) is 12.6 Å². The van der Waals surface area contributed by atoms with Crippen molar-refractivity contribution in [1.29, 1.82) is 0 Å². The van der Waals surface area contributed by atoms with E-state index in [1.807, 2.05) is 0 Å². The van der Waals surface area contributed by atoms with Crippen molar-refractivity contribution in [2.24, 2.45) is 11.3 Å². The molecule has 4 nitrogen and oxygen atoms in total. The van der Waals surface area contributed by atoms with Crippen molar-refractivity contribution in [1.82, 2.24) is 10.2 Å². The van der Waals surface area contributed by atoms with E-state index in [0.29, 0.717) is 30.1 Å². The molecule has 0 bridgehead atoms. The predicted molar refractivity (Wildman–Crippen MR) is 92.6 cm³/mol. The molecule has 1 aromatic rings. The quantitative estimate of drug-likeness (QED) is 0.835. The summed E-state index contributed by atoms with van der Waals surface area (Å²) in [6.07, 6.45) is 2.13. The molecule has 1 aliphatic heterocycles. The lowest BCUT2D eigenvalue weighted by Crippen LogP contribution is -2.34. The van der Waals surface area contributed by atoms with Gasteiger partial charge in [-0.3, -0.25) is 4.90 Å². The van der Waals surface area contributed by atoms with E-state index < -0.39 is 12.7 Å². The minimum Gasteiger partial charge on any atom is -0.338 e. The minimum atomic E-state index is -4.19. The zero-order valence-electron chi connectivity index (χ0n) is 14.7. The van der Waals surface area contributed by atoms with Gasteiger partial charge in [0.25, 0.3) is 0 Å². The van der Waals surface area contributed by atoms with Crippen molar-refractivity contribution in [3.8, 4) is 0 Å². The van der Waals surface area contributed by atoms with Gasteiger partial charge in [-0.1, -0.05) is 12.5 Å². The first-order chi connectivity index (χ1) is 12.3. The molecule has 2 aliphatic carbocycles. The van der Waals surface area contributed by atoms with E-state index in [0.717, 1.165) is 11.1 Å². The Hall–Kier alpha value is -1.76. The molecular formula is C19H24F3N3O. The molecule has 1 heterocycles. The molecule has 0 saturated heterocycles. The van der Waals surface area contributed by atoms with Gasteiger partial charge in [0.1, 0.15) is 0 Å². The third-order valence-corrected chi connectivity index (χ3v) is 6.15. The van der Waals surface area contributed by atoms with Crippen molar-refractivity contribution in [3.63, 3.8) is 0 Å². The molecule has 26 heavy (non-hydrogen) atoms. The lowest BCUT2D eigenvalue weighted by atomic mass is 9.93. The van der Waals surface area contributed by atoms with Crippen LogP contribution in [0.3, 0.4) is 0 Å². The number of rotatable bonds is 4. The summed E-state index contributed by atoms with van der Waals surface area (Å²) in [5.74, 6) is 0.587. The Bertz CT molecular complexity index is 700. The van der Waals surface area contributed by atoms with E-state index in [4.69, 9.17) is 0 Å². The van der Waals surface area contributed by atoms with Crippen LogP contribution in [0.15, 0.2) is 18.2 Å². The van der Waals surface area contributed by atoms with Crippen molar-refractivity contribution >= 4 is 11.7 Å². The highest BCUT2D eigenvalue weighted by Crippen LogP contribution is 2.61. The molecule has 2 N–H and O–H groups in total. The van der Waals surface area contributed by atoms with Gasteiger partial charge in [0.15, 0.2) is 0 Å². The van der Waals surface area contributed by atoms with Crippen LogP contribution < -0.4 is 10.6 Å². The average Bonchev–Trinajstić information content (AvgIpc) is 3.04. The monoisotopic (exact) mass is 367 g/mol. The van der Waals surface area contributed by atoms with Crippen LogP contribution in [-0.4, -0.2) is 30.2 Å². The number of halogens is 3. The first-order valence-electron chi connectivity index (χ1n) is 9.29. The summed E-state index contributed by atoms with van der Waals surface area (Å²) in [4.78, 5) is 13.5. The van der Waals surface area contributed by atoms with Crippen LogP contribution >= 0.6 is 0 Å². The van der Waals surface area contributed by atoms with Crippen LogP contribution in [0, 0.1) is 11.3 Å². The molecule has 3 aliphatic rings. The van der Waals surface area contributed by atoms with Crippen LogP contribution in [0.4, 0.5) is 23.7 Å². The molecule has 2 saturated carbocycles. The largest absolute Gasteiger partial charge is 0.401 e. The first kappa shape index (κ1) is 17.6. The highest BCUT2D eigenvalue weighted by molar-refractivity contribution is 5.89. The van der Waals surface area contributed by atoms with Crippen molar-refractivity contribution in [2.45, 2.75) is 51.4 Å². The summed E-state index contributed by atoms with van der Waals surface area (Å²) in [5.41, 5.74) is 2.87. The summed E-state index contributed by atoms with van der Waals surface area (Å²) in [6.45, 7) is 0.353. The third-order valence-electron chi connectivity index (χ3n) is 6.15. The maximum atomic E-state index is 12.5. The number of carbonyl (C=O) groups is 1. The molecule has 0 aromatic heterocycles. The lowest BCUT2D eigenvalue weighted by molar-refractivity contribution is -0.146. The van der Waals surface area contributed by atoms with Crippen molar-refractivity contribution < 1.29 is 18.0 Å². The molecular weight excluding hydrogens is 343 g/mol. The van der Waals surface area contributed by atoms with Gasteiger partial charge in [-0.05, 0) is 60.3 Å². The Labute approximate surface area is 151 Å². The lowest BCUT2D eigenvalue weighted by Gasteiger charge is -2.19. The number of hydrogen-bond donors (Lipinski definition) is 2. The molecule has 142 valence electrons. The number of fused-ring (bicyclic) bond motifs is 1. The predicted octanol–water partition coefficient (Wildman–Crippen LogP) is 4.27. The average molecular weight is 367 g/mol. The number of nitrogens with zero attached hydrogens (tertiary/aromatic N) is 1. The number of anilines is 1. The summed E-state index contributed by atoms with van der Waals surface area (Å²) < 4.78 is 37.6. The standard InChI is InChI=1S/C19H24F3N3O/c20-19(21,22)12-25-10-13-3-4-16(8-14(13)11-25)24-17(26)23-9-15-2-1-5-18(15)6-7-18/h3-4,8,15H,1-2,5-7,9-12H2,(H2,23,24,26). The summed E-state index contributed by atoms with van der Waals surface area (Å²) in [6, 6.07) is 5.10. The molecule has 1 atom stereocenters. The molecule has 7 heteroatoms. The van der Waals surface area contributed by atoms with E-state index in [1.54, 1.807) is 18.2 Å². The molecule has 4 rings (SSSR count). The molecule has 1 aromatic carbocycles. The number of carbonyl (C=O) groups excluding carboxylic acids is 1. The Morgan fingerprint density at radius 2 is 1.96 bits per heavy atom. The SMILES string of the molecule is O=C(NCC1CCCC12CC2)Nc1ccc2c(c1)CN(CC(F)(F)F)C2. The van der Waals surface area contributed by atoms with Crippen molar-refractivity contribution in [3.05, 3.63) is 29.3 Å². The van der Waals surface area contributed by atoms with E-state index in [9.17, 15) is 18.0 Å².